The maximum atomic E-state index is 14.0. The summed E-state index contributed by atoms with van der Waals surface area (Å²) in [7, 11) is -0.319. The summed E-state index contributed by atoms with van der Waals surface area (Å²) in [5, 5.41) is 2.67. The fourth-order valence-corrected chi connectivity index (χ4v) is 5.65. The van der Waals surface area contributed by atoms with Crippen LogP contribution in [0.4, 0.5) is 11.4 Å². The molecule has 4 rings (SSSR count). The van der Waals surface area contributed by atoms with Gasteiger partial charge >= 0.3 is 11.9 Å². The van der Waals surface area contributed by atoms with Crippen molar-refractivity contribution in [2.75, 3.05) is 31.0 Å². The zero-order valence-electron chi connectivity index (χ0n) is 23.1. The summed E-state index contributed by atoms with van der Waals surface area (Å²) < 4.78 is 43.9. The number of ether oxygens (including phenoxy) is 3. The molecule has 0 unspecified atom stereocenters. The van der Waals surface area contributed by atoms with Crippen LogP contribution in [0.2, 0.25) is 0 Å². The molecule has 0 saturated heterocycles. The molecular weight excluding hydrogens is 560 g/mol. The van der Waals surface area contributed by atoms with Crippen LogP contribution in [-0.2, 0) is 26.0 Å². The van der Waals surface area contributed by atoms with Crippen molar-refractivity contribution in [3.05, 3.63) is 119 Å². The summed E-state index contributed by atoms with van der Waals surface area (Å²) in [4.78, 5) is 38.1. The highest BCUT2D eigenvalue weighted by atomic mass is 32.2. The van der Waals surface area contributed by atoms with Gasteiger partial charge in [-0.25, -0.2) is 18.0 Å². The van der Waals surface area contributed by atoms with Crippen LogP contribution in [0, 0.1) is 0 Å². The van der Waals surface area contributed by atoms with E-state index in [1.54, 1.807) is 48.5 Å². The van der Waals surface area contributed by atoms with E-state index in [-0.39, 0.29) is 39.5 Å². The Bertz CT molecular complexity index is 1670. The third-order valence-corrected chi connectivity index (χ3v) is 8.04. The van der Waals surface area contributed by atoms with Gasteiger partial charge in [-0.1, -0.05) is 42.5 Å². The molecule has 0 aliphatic rings. The number of esters is 2. The van der Waals surface area contributed by atoms with Gasteiger partial charge in [0.2, 0.25) is 0 Å². The van der Waals surface area contributed by atoms with Gasteiger partial charge in [0.1, 0.15) is 5.75 Å². The number of anilines is 2. The van der Waals surface area contributed by atoms with Crippen molar-refractivity contribution in [2.45, 2.75) is 11.4 Å². The predicted molar refractivity (Wildman–Crippen MR) is 156 cm³/mol. The Kier molecular flexibility index (Phi) is 9.23. The van der Waals surface area contributed by atoms with E-state index in [2.05, 4.69) is 5.32 Å². The second kappa shape index (κ2) is 13.0. The number of carbonyl (C=O) groups excluding carboxylic acids is 3. The molecule has 4 aromatic carbocycles. The monoisotopic (exact) mass is 588 g/mol. The molecule has 0 bridgehead atoms. The number of benzene rings is 4. The molecule has 11 heteroatoms. The quantitative estimate of drug-likeness (QED) is 0.259. The average molecular weight is 589 g/mol. The zero-order chi connectivity index (χ0) is 30.3. The molecule has 0 fully saturated rings. The highest BCUT2D eigenvalue weighted by Crippen LogP contribution is 2.31. The van der Waals surface area contributed by atoms with Gasteiger partial charge in [0.05, 0.1) is 55.1 Å². The Morgan fingerprint density at radius 2 is 1.31 bits per heavy atom. The van der Waals surface area contributed by atoms with Gasteiger partial charge in [-0.15, -0.1) is 0 Å². The first-order chi connectivity index (χ1) is 20.2. The summed E-state index contributed by atoms with van der Waals surface area (Å²) in [5.74, 6) is -1.64. The number of nitrogens with one attached hydrogen (secondary N) is 1. The molecule has 0 aliphatic heterocycles. The average Bonchev–Trinajstić information content (AvgIpc) is 3.03. The number of sulfonamides is 1. The molecule has 0 spiro atoms. The minimum atomic E-state index is -4.17. The Morgan fingerprint density at radius 1 is 0.738 bits per heavy atom. The topological polar surface area (TPSA) is 128 Å². The Morgan fingerprint density at radius 3 is 1.88 bits per heavy atom. The van der Waals surface area contributed by atoms with E-state index in [1.165, 1.54) is 63.8 Å². The molecule has 42 heavy (non-hydrogen) atoms. The third-order valence-electron chi connectivity index (χ3n) is 6.27. The summed E-state index contributed by atoms with van der Waals surface area (Å²) in [5.41, 5.74) is 0.971. The molecule has 0 aliphatic carbocycles. The SMILES string of the molecule is COC(=O)c1cc(NC(=O)c2ccccc2N(Cc2ccccc2)S(=O)(=O)c2ccc(OC)cc2)cc(C(=O)OC)c1. The Labute approximate surface area is 243 Å². The van der Waals surface area contributed by atoms with Crippen molar-refractivity contribution >= 4 is 39.2 Å². The third kappa shape index (κ3) is 6.58. The van der Waals surface area contributed by atoms with Crippen molar-refractivity contribution in [2.24, 2.45) is 0 Å². The summed E-state index contributed by atoms with van der Waals surface area (Å²) in [6, 6.07) is 25.1. The number of methoxy groups -OCH3 is 3. The zero-order valence-corrected chi connectivity index (χ0v) is 23.9. The van der Waals surface area contributed by atoms with Crippen molar-refractivity contribution in [1.29, 1.82) is 0 Å². The molecular formula is C31H28N2O8S. The molecule has 0 radical (unpaired) electrons. The summed E-state index contributed by atoms with van der Waals surface area (Å²) >= 11 is 0. The van der Waals surface area contributed by atoms with E-state index in [0.29, 0.717) is 11.3 Å². The van der Waals surface area contributed by atoms with Gasteiger partial charge < -0.3 is 19.5 Å². The maximum Gasteiger partial charge on any atom is 0.337 e. The largest absolute Gasteiger partial charge is 0.497 e. The van der Waals surface area contributed by atoms with E-state index in [0.717, 1.165) is 4.31 Å². The van der Waals surface area contributed by atoms with Crippen molar-refractivity contribution in [3.8, 4) is 5.75 Å². The van der Waals surface area contributed by atoms with Gasteiger partial charge in [-0.2, -0.15) is 0 Å². The van der Waals surface area contributed by atoms with Crippen LogP contribution >= 0.6 is 0 Å². The van der Waals surface area contributed by atoms with E-state index < -0.39 is 27.9 Å². The number of hydrogen-bond donors (Lipinski definition) is 1. The molecule has 4 aromatic rings. The Hall–Kier alpha value is -5.16. The molecule has 0 heterocycles. The van der Waals surface area contributed by atoms with Crippen molar-refractivity contribution < 1.29 is 37.0 Å². The lowest BCUT2D eigenvalue weighted by Crippen LogP contribution is -2.32. The van der Waals surface area contributed by atoms with Gasteiger partial charge in [-0.05, 0) is 60.2 Å². The number of nitrogens with zero attached hydrogens (tertiary/aromatic N) is 1. The predicted octanol–water partition coefficient (Wildman–Crippen LogP) is 4.92. The van der Waals surface area contributed by atoms with Gasteiger partial charge in [0, 0.05) is 5.69 Å². The molecule has 0 aromatic heterocycles. The number of carbonyl (C=O) groups is 3. The fraction of sp³-hybridized carbons (Fsp3) is 0.129. The minimum absolute atomic E-state index is 0.00272. The first-order valence-electron chi connectivity index (χ1n) is 12.6. The van der Waals surface area contributed by atoms with E-state index in [1.807, 2.05) is 6.07 Å². The van der Waals surface area contributed by atoms with Crippen LogP contribution in [0.15, 0.2) is 102 Å². The molecule has 0 atom stereocenters. The van der Waals surface area contributed by atoms with Gasteiger partial charge in [-0.3, -0.25) is 9.10 Å². The normalized spacial score (nSPS) is 10.8. The van der Waals surface area contributed by atoms with Gasteiger partial charge in [0.25, 0.3) is 15.9 Å². The highest BCUT2D eigenvalue weighted by Gasteiger charge is 2.29. The highest BCUT2D eigenvalue weighted by molar-refractivity contribution is 7.92. The van der Waals surface area contributed by atoms with Crippen LogP contribution in [0.25, 0.3) is 0 Å². The second-order valence-electron chi connectivity index (χ2n) is 8.93. The maximum absolute atomic E-state index is 14.0. The molecule has 10 nitrogen and oxygen atoms in total. The second-order valence-corrected chi connectivity index (χ2v) is 10.8. The van der Waals surface area contributed by atoms with E-state index in [9.17, 15) is 22.8 Å². The number of para-hydroxylation sites is 1. The lowest BCUT2D eigenvalue weighted by Gasteiger charge is -2.27. The standard InChI is InChI=1S/C31H28N2O8S/c1-39-25-13-15-26(16-14-25)42(37,38)33(20-21-9-5-4-6-10-21)28-12-8-7-11-27(28)29(34)32-24-18-22(30(35)40-2)17-23(19-24)31(36)41-3/h4-19H,20H2,1-3H3,(H,32,34). The number of hydrogen-bond acceptors (Lipinski definition) is 8. The van der Waals surface area contributed by atoms with E-state index >= 15 is 0 Å². The van der Waals surface area contributed by atoms with Crippen LogP contribution in [-0.4, -0.2) is 47.6 Å². The number of amides is 1. The molecule has 0 saturated carbocycles. The molecule has 1 amide bonds. The summed E-state index contributed by atoms with van der Waals surface area (Å²) in [6.07, 6.45) is 0. The van der Waals surface area contributed by atoms with Crippen LogP contribution < -0.4 is 14.4 Å². The lowest BCUT2D eigenvalue weighted by molar-refractivity contribution is 0.0598. The van der Waals surface area contributed by atoms with Crippen LogP contribution in [0.3, 0.4) is 0 Å². The fourth-order valence-electron chi connectivity index (χ4n) is 4.18. The smallest absolute Gasteiger partial charge is 0.337 e. The summed E-state index contributed by atoms with van der Waals surface area (Å²) in [6.45, 7) is -0.0657. The Balaban J connectivity index is 1.78. The van der Waals surface area contributed by atoms with Gasteiger partial charge in [0.15, 0.2) is 0 Å². The molecule has 1 N–H and O–H groups in total. The van der Waals surface area contributed by atoms with Crippen molar-refractivity contribution in [3.63, 3.8) is 0 Å². The van der Waals surface area contributed by atoms with Crippen LogP contribution in [0.5, 0.6) is 5.75 Å². The minimum Gasteiger partial charge on any atom is -0.497 e. The number of rotatable bonds is 10. The van der Waals surface area contributed by atoms with E-state index in [4.69, 9.17) is 14.2 Å². The van der Waals surface area contributed by atoms with Crippen LogP contribution in [0.1, 0.15) is 36.6 Å². The lowest BCUT2D eigenvalue weighted by atomic mass is 10.1. The first kappa shape index (κ1) is 29.8. The van der Waals surface area contributed by atoms with Crippen molar-refractivity contribution in [1.82, 2.24) is 0 Å². The molecule has 216 valence electrons. The first-order valence-corrected chi connectivity index (χ1v) is 14.0.